The van der Waals surface area contributed by atoms with E-state index in [1.54, 1.807) is 0 Å². The van der Waals surface area contributed by atoms with Gasteiger partial charge in [0.1, 0.15) is 67.6 Å². The molecule has 12 N–H and O–H groups in total. The van der Waals surface area contributed by atoms with Gasteiger partial charge in [0.2, 0.25) is 11.6 Å². The largest absolute Gasteiger partial charge is 0.394 e. The zero-order valence-corrected chi connectivity index (χ0v) is 18.0. The summed E-state index contributed by atoms with van der Waals surface area (Å²) in [5.74, 6) is -5.83. The molecule has 3 saturated heterocycles. The minimum Gasteiger partial charge on any atom is -0.394 e. The lowest BCUT2D eigenvalue weighted by atomic mass is 9.75. The average Bonchev–Trinajstić information content (AvgIpc) is 3.06. The van der Waals surface area contributed by atoms with E-state index in [0.717, 1.165) is 6.92 Å². The third kappa shape index (κ3) is 3.88. The number of hydrogen-bond acceptors (Lipinski definition) is 16. The Balaban J connectivity index is 2.19. The highest BCUT2D eigenvalue weighted by atomic mass is 16.8. The molecule has 200 valence electrons. The van der Waals surface area contributed by atoms with E-state index >= 15 is 0 Å². The van der Waals surface area contributed by atoms with Gasteiger partial charge in [-0.25, -0.2) is 0 Å². The predicted octanol–water partition coefficient (Wildman–Crippen LogP) is -7.84. The zero-order valence-electron chi connectivity index (χ0n) is 18.0. The summed E-state index contributed by atoms with van der Waals surface area (Å²) in [5, 5.41) is 123. The normalized spacial score (nSPS) is 56.6. The van der Waals surface area contributed by atoms with E-state index in [2.05, 4.69) is 0 Å². The van der Waals surface area contributed by atoms with E-state index in [0.29, 0.717) is 0 Å². The summed E-state index contributed by atoms with van der Waals surface area (Å²) in [6, 6.07) is 0. The lowest BCUT2D eigenvalue weighted by molar-refractivity contribution is -0.496. The van der Waals surface area contributed by atoms with Crippen LogP contribution in [0.25, 0.3) is 0 Å². The molecule has 0 saturated carbocycles. The summed E-state index contributed by atoms with van der Waals surface area (Å²) in [5.41, 5.74) is -2.69. The molecule has 16 heteroatoms. The lowest BCUT2D eigenvalue weighted by Gasteiger charge is -2.60. The molecule has 3 heterocycles. The van der Waals surface area contributed by atoms with Gasteiger partial charge in [0, 0.05) is 0 Å². The molecular weight excluding hydrogens is 472 g/mol. The van der Waals surface area contributed by atoms with E-state index < -0.39 is 104 Å². The predicted molar refractivity (Wildman–Crippen MR) is 101 cm³/mol. The molecule has 0 aliphatic carbocycles. The van der Waals surface area contributed by atoms with Gasteiger partial charge in [0.05, 0.1) is 13.2 Å². The molecule has 3 rings (SSSR count). The highest BCUT2D eigenvalue weighted by molar-refractivity contribution is 5.15. The van der Waals surface area contributed by atoms with E-state index in [1.165, 1.54) is 0 Å². The van der Waals surface area contributed by atoms with E-state index in [1.807, 2.05) is 0 Å². The molecule has 0 amide bonds. The quantitative estimate of drug-likeness (QED) is 0.160. The molecule has 0 aromatic carbocycles. The van der Waals surface area contributed by atoms with E-state index in [9.17, 15) is 61.3 Å². The van der Waals surface area contributed by atoms with Crippen molar-refractivity contribution in [3.8, 4) is 0 Å². The molecule has 34 heavy (non-hydrogen) atoms. The first-order chi connectivity index (χ1) is 15.8. The van der Waals surface area contributed by atoms with Gasteiger partial charge >= 0.3 is 0 Å². The third-order valence-corrected chi connectivity index (χ3v) is 6.77. The fourth-order valence-corrected chi connectivity index (χ4v) is 4.61. The maximum Gasteiger partial charge on any atom is 0.233 e. The molecule has 14 atom stereocenters. The van der Waals surface area contributed by atoms with E-state index in [-0.39, 0.29) is 0 Å². The van der Waals surface area contributed by atoms with Crippen LogP contribution in [-0.2, 0) is 18.9 Å². The van der Waals surface area contributed by atoms with Crippen LogP contribution in [0.5, 0.6) is 0 Å². The Labute approximate surface area is 192 Å². The topological polar surface area (TPSA) is 280 Å². The molecule has 0 spiro atoms. The van der Waals surface area contributed by atoms with Crippen molar-refractivity contribution < 1.29 is 80.2 Å². The van der Waals surface area contributed by atoms with Gasteiger partial charge in [-0.1, -0.05) is 0 Å². The standard InChI is InChI=1S/C18H32O16/c1-16(12(27)10(25)11(26)15(30)33-16)18(14(29)9(24)7(22)5(2-19)32-18)34-17(4-21)13(28)8(23)6(3-20)31-17/h5-15,19-30H,2-4H2,1H3/t5-,6-,7-,8-,9+,10+,11+,12+,13+,14-,15?,16+,17?,18-/m1/s1. The monoisotopic (exact) mass is 504 g/mol. The summed E-state index contributed by atoms with van der Waals surface area (Å²) in [6.07, 6.45) is -22.7. The first-order valence-electron chi connectivity index (χ1n) is 10.5. The summed E-state index contributed by atoms with van der Waals surface area (Å²) in [7, 11) is 0. The minimum absolute atomic E-state index is 0.875. The SMILES string of the molecule is C[C@]1([C@@]2(OC3(CO)O[C@H](CO)[C@@H](O)[C@@H]3O)O[C@H](CO)[C@@H](O)[C@H](O)[C@H]2O)OC(O)[C@@H](O)[C@H](O)[C@@H]1O. The Morgan fingerprint density at radius 2 is 1.15 bits per heavy atom. The second-order valence-corrected chi connectivity index (χ2v) is 8.82. The highest BCUT2D eigenvalue weighted by Gasteiger charge is 2.74. The maximum absolute atomic E-state index is 11.0. The summed E-state index contributed by atoms with van der Waals surface area (Å²) < 4.78 is 21.7. The van der Waals surface area contributed by atoms with Crippen LogP contribution in [0.15, 0.2) is 0 Å². The summed E-state index contributed by atoms with van der Waals surface area (Å²) in [4.78, 5) is 0. The Morgan fingerprint density at radius 1 is 0.618 bits per heavy atom. The lowest BCUT2D eigenvalue weighted by Crippen LogP contribution is -2.82. The van der Waals surface area contributed by atoms with Crippen molar-refractivity contribution in [1.29, 1.82) is 0 Å². The first-order valence-corrected chi connectivity index (χ1v) is 10.5. The van der Waals surface area contributed by atoms with Crippen LogP contribution in [-0.4, -0.2) is 166 Å². The van der Waals surface area contributed by atoms with Gasteiger partial charge in [-0.05, 0) is 6.92 Å². The molecule has 0 aromatic heterocycles. The number of rotatable bonds is 6. The second kappa shape index (κ2) is 9.67. The van der Waals surface area contributed by atoms with Gasteiger partial charge < -0.3 is 80.2 Å². The van der Waals surface area contributed by atoms with E-state index in [4.69, 9.17) is 18.9 Å². The molecule has 2 unspecified atom stereocenters. The van der Waals surface area contributed by atoms with Crippen LogP contribution in [0.4, 0.5) is 0 Å². The zero-order chi connectivity index (χ0) is 25.8. The highest BCUT2D eigenvalue weighted by Crippen LogP contribution is 2.50. The number of aliphatic hydroxyl groups excluding tert-OH is 12. The van der Waals surface area contributed by atoms with Gasteiger partial charge in [0.25, 0.3) is 0 Å². The third-order valence-electron chi connectivity index (χ3n) is 6.77. The van der Waals surface area contributed by atoms with Crippen molar-refractivity contribution in [3.63, 3.8) is 0 Å². The number of ether oxygens (including phenoxy) is 4. The fourth-order valence-electron chi connectivity index (χ4n) is 4.61. The molecule has 0 bridgehead atoms. The van der Waals surface area contributed by atoms with Crippen molar-refractivity contribution in [1.82, 2.24) is 0 Å². The van der Waals surface area contributed by atoms with Crippen molar-refractivity contribution in [2.75, 3.05) is 19.8 Å². The summed E-state index contributed by atoms with van der Waals surface area (Å²) in [6.45, 7) is -2.29. The van der Waals surface area contributed by atoms with Crippen LogP contribution in [0, 0.1) is 0 Å². The van der Waals surface area contributed by atoms with Crippen LogP contribution in [0.1, 0.15) is 6.92 Å². The van der Waals surface area contributed by atoms with Crippen LogP contribution >= 0.6 is 0 Å². The summed E-state index contributed by atoms with van der Waals surface area (Å²) >= 11 is 0. The van der Waals surface area contributed by atoms with Crippen molar-refractivity contribution in [3.05, 3.63) is 0 Å². The molecule has 0 radical (unpaired) electrons. The molecule has 3 aliphatic heterocycles. The van der Waals surface area contributed by atoms with Crippen molar-refractivity contribution in [2.24, 2.45) is 0 Å². The Morgan fingerprint density at radius 3 is 1.65 bits per heavy atom. The number of hydrogen-bond donors (Lipinski definition) is 12. The second-order valence-electron chi connectivity index (χ2n) is 8.82. The van der Waals surface area contributed by atoms with Crippen molar-refractivity contribution in [2.45, 2.75) is 91.4 Å². The Bertz CT molecular complexity index is 711. The van der Waals surface area contributed by atoms with Gasteiger partial charge in [-0.2, -0.15) is 0 Å². The smallest absolute Gasteiger partial charge is 0.233 e. The molecule has 0 aromatic rings. The van der Waals surface area contributed by atoms with Crippen molar-refractivity contribution >= 4 is 0 Å². The molecular formula is C18H32O16. The molecule has 3 fully saturated rings. The van der Waals surface area contributed by atoms with Gasteiger partial charge in [0.15, 0.2) is 11.9 Å². The first kappa shape index (κ1) is 27.9. The van der Waals surface area contributed by atoms with Crippen LogP contribution < -0.4 is 0 Å². The van der Waals surface area contributed by atoms with Crippen LogP contribution in [0.2, 0.25) is 0 Å². The maximum atomic E-state index is 11.0. The Kier molecular flexibility index (Phi) is 7.95. The molecule has 3 aliphatic rings. The average molecular weight is 504 g/mol. The molecule has 16 nitrogen and oxygen atoms in total. The fraction of sp³-hybridized carbons (Fsp3) is 1.00. The minimum atomic E-state index is -3.09. The van der Waals surface area contributed by atoms with Gasteiger partial charge in [-0.3, -0.25) is 0 Å². The number of aliphatic hydroxyl groups is 12. The Hall–Kier alpha value is -0.640. The van der Waals surface area contributed by atoms with Gasteiger partial charge in [-0.15, -0.1) is 0 Å². The van der Waals surface area contributed by atoms with Crippen LogP contribution in [0.3, 0.4) is 0 Å².